The van der Waals surface area contributed by atoms with E-state index in [9.17, 15) is 0 Å². The van der Waals surface area contributed by atoms with E-state index in [0.29, 0.717) is 0 Å². The first-order valence-electron chi connectivity index (χ1n) is 14.4. The molecular weight excluding hydrogens is 474 g/mol. The summed E-state index contributed by atoms with van der Waals surface area (Å²) in [5.74, 6) is 3.12. The fourth-order valence-electron chi connectivity index (χ4n) is 5.94. The summed E-state index contributed by atoms with van der Waals surface area (Å²) < 4.78 is 5.87. The molecule has 0 amide bonds. The zero-order valence-corrected chi connectivity index (χ0v) is 22.7. The van der Waals surface area contributed by atoms with Crippen LogP contribution >= 0.6 is 0 Å². The predicted octanol–water partition coefficient (Wildman–Crippen LogP) is 4.08. The minimum atomic E-state index is 0.135. The van der Waals surface area contributed by atoms with Gasteiger partial charge in [0.25, 0.3) is 0 Å². The Bertz CT molecular complexity index is 1170. The molecule has 0 saturated carbocycles. The summed E-state index contributed by atoms with van der Waals surface area (Å²) in [6.07, 6.45) is 5.13. The number of benzene rings is 2. The van der Waals surface area contributed by atoms with Crippen LogP contribution in [-0.4, -0.2) is 93.5 Å². The van der Waals surface area contributed by atoms with Crippen LogP contribution in [0.3, 0.4) is 0 Å². The molecule has 0 spiro atoms. The van der Waals surface area contributed by atoms with E-state index in [1.165, 1.54) is 36.5 Å². The van der Waals surface area contributed by atoms with Crippen molar-refractivity contribution < 1.29 is 4.74 Å². The second-order valence-electron chi connectivity index (χ2n) is 10.9. The molecule has 0 bridgehead atoms. The van der Waals surface area contributed by atoms with Gasteiger partial charge in [0.15, 0.2) is 0 Å². The Morgan fingerprint density at radius 2 is 1.37 bits per heavy atom. The number of piperazine rings is 1. The lowest BCUT2D eigenvalue weighted by Crippen LogP contribution is -2.50. The van der Waals surface area contributed by atoms with Crippen LogP contribution in [0.5, 0.6) is 0 Å². The molecule has 8 nitrogen and oxygen atoms in total. The molecule has 202 valence electrons. The summed E-state index contributed by atoms with van der Waals surface area (Å²) in [6.45, 7) is 10.0. The highest BCUT2D eigenvalue weighted by atomic mass is 16.5. The van der Waals surface area contributed by atoms with Gasteiger partial charge < -0.3 is 24.8 Å². The third-order valence-electron chi connectivity index (χ3n) is 8.28. The number of rotatable bonds is 9. The van der Waals surface area contributed by atoms with Gasteiger partial charge >= 0.3 is 0 Å². The molecular formula is C30H41N7O. The van der Waals surface area contributed by atoms with Gasteiger partial charge in [-0.25, -0.2) is 0 Å². The van der Waals surface area contributed by atoms with Crippen LogP contribution in [0.2, 0.25) is 0 Å². The summed E-state index contributed by atoms with van der Waals surface area (Å²) in [7, 11) is 1.82. The third kappa shape index (κ3) is 5.81. The zero-order chi connectivity index (χ0) is 25.7. The number of ether oxygens (including phenoxy) is 1. The van der Waals surface area contributed by atoms with Gasteiger partial charge in [-0.2, -0.15) is 9.97 Å². The lowest BCUT2D eigenvalue weighted by Gasteiger charge is -2.37. The largest absolute Gasteiger partial charge is 0.382 e. The molecule has 3 aliphatic rings. The molecule has 8 heteroatoms. The minimum Gasteiger partial charge on any atom is -0.382 e. The number of anilines is 4. The van der Waals surface area contributed by atoms with Gasteiger partial charge in [0.2, 0.25) is 5.95 Å². The highest BCUT2D eigenvalue weighted by Gasteiger charge is 2.25. The Balaban J connectivity index is 1.06. The molecule has 3 aliphatic heterocycles. The summed E-state index contributed by atoms with van der Waals surface area (Å²) in [4.78, 5) is 19.8. The first-order chi connectivity index (χ1) is 18.7. The van der Waals surface area contributed by atoms with E-state index in [-0.39, 0.29) is 6.10 Å². The van der Waals surface area contributed by atoms with Gasteiger partial charge in [0, 0.05) is 84.3 Å². The van der Waals surface area contributed by atoms with Gasteiger partial charge in [-0.1, -0.05) is 30.3 Å². The third-order valence-corrected chi connectivity index (χ3v) is 8.28. The van der Waals surface area contributed by atoms with Crippen molar-refractivity contribution in [1.82, 2.24) is 14.9 Å². The van der Waals surface area contributed by atoms with Crippen LogP contribution < -0.4 is 20.0 Å². The quantitative estimate of drug-likeness (QED) is 0.458. The molecule has 4 heterocycles. The van der Waals surface area contributed by atoms with E-state index < -0.39 is 0 Å². The monoisotopic (exact) mass is 515 g/mol. The standard InChI is InChI=1S/C30H41N7O/c1-38-27(22-31-26-11-10-24-8-2-3-9-25(24)20-26)23-34-16-18-36(19-17-34)29-21-28(35-12-4-5-13-35)32-30(33-29)37-14-6-7-15-37/h2-3,8-11,20-21,27,31H,4-7,12-19,22-23H2,1H3. The Morgan fingerprint density at radius 1 is 0.737 bits per heavy atom. The SMILES string of the molecule is COC(CNc1ccc2ccccc2c1)CN1CCN(c2cc(N3CCCC3)nc(N3CCCC3)n2)CC1. The Labute approximate surface area is 226 Å². The Hall–Kier alpha value is -3.10. The Kier molecular flexibility index (Phi) is 7.79. The first-order valence-corrected chi connectivity index (χ1v) is 14.4. The molecule has 38 heavy (non-hydrogen) atoms. The van der Waals surface area contributed by atoms with Crippen molar-refractivity contribution in [2.24, 2.45) is 0 Å². The van der Waals surface area contributed by atoms with Crippen molar-refractivity contribution in [2.75, 3.05) is 92.6 Å². The van der Waals surface area contributed by atoms with Gasteiger partial charge in [0.1, 0.15) is 11.6 Å². The van der Waals surface area contributed by atoms with E-state index in [4.69, 9.17) is 14.7 Å². The average molecular weight is 516 g/mol. The summed E-state index contributed by atoms with van der Waals surface area (Å²) >= 11 is 0. The maximum atomic E-state index is 5.87. The molecule has 1 N–H and O–H groups in total. The van der Waals surface area contributed by atoms with Crippen LogP contribution in [0.1, 0.15) is 25.7 Å². The van der Waals surface area contributed by atoms with Crippen LogP contribution in [-0.2, 0) is 4.74 Å². The van der Waals surface area contributed by atoms with Crippen molar-refractivity contribution >= 4 is 34.0 Å². The summed E-state index contributed by atoms with van der Waals surface area (Å²) in [5, 5.41) is 6.11. The number of nitrogens with one attached hydrogen (secondary N) is 1. The molecule has 3 saturated heterocycles. The number of hydrogen-bond acceptors (Lipinski definition) is 8. The van der Waals surface area contributed by atoms with Gasteiger partial charge in [-0.05, 0) is 48.6 Å². The van der Waals surface area contributed by atoms with Gasteiger partial charge in [-0.15, -0.1) is 0 Å². The fraction of sp³-hybridized carbons (Fsp3) is 0.533. The molecule has 0 aliphatic carbocycles. The van der Waals surface area contributed by atoms with Crippen LogP contribution in [0.15, 0.2) is 48.5 Å². The number of aromatic nitrogens is 2. The van der Waals surface area contributed by atoms with E-state index in [1.54, 1.807) is 0 Å². The number of nitrogens with zero attached hydrogens (tertiary/aromatic N) is 6. The lowest BCUT2D eigenvalue weighted by atomic mass is 10.1. The number of fused-ring (bicyclic) bond motifs is 1. The zero-order valence-electron chi connectivity index (χ0n) is 22.7. The normalized spacial score (nSPS) is 19.4. The van der Waals surface area contributed by atoms with Crippen molar-refractivity contribution in [2.45, 2.75) is 31.8 Å². The highest BCUT2D eigenvalue weighted by Crippen LogP contribution is 2.28. The average Bonchev–Trinajstić information content (AvgIpc) is 3.71. The van der Waals surface area contributed by atoms with Crippen LogP contribution in [0.25, 0.3) is 10.8 Å². The van der Waals surface area contributed by atoms with E-state index in [0.717, 1.165) is 88.7 Å². The summed E-state index contributed by atoms with van der Waals surface area (Å²) in [6, 6.07) is 17.3. The van der Waals surface area contributed by atoms with Crippen molar-refractivity contribution in [1.29, 1.82) is 0 Å². The topological polar surface area (TPSA) is 60.0 Å². The second kappa shape index (κ2) is 11.7. The summed E-state index contributed by atoms with van der Waals surface area (Å²) in [5.41, 5.74) is 1.14. The van der Waals surface area contributed by atoms with Crippen molar-refractivity contribution in [3.05, 3.63) is 48.5 Å². The number of methoxy groups -OCH3 is 1. The van der Waals surface area contributed by atoms with E-state index >= 15 is 0 Å². The smallest absolute Gasteiger partial charge is 0.229 e. The molecule has 1 aromatic heterocycles. The lowest BCUT2D eigenvalue weighted by molar-refractivity contribution is 0.0707. The van der Waals surface area contributed by atoms with Crippen molar-refractivity contribution in [3.8, 4) is 0 Å². The molecule has 0 radical (unpaired) electrons. The molecule has 3 fully saturated rings. The first kappa shape index (κ1) is 25.2. The van der Waals surface area contributed by atoms with Crippen molar-refractivity contribution in [3.63, 3.8) is 0 Å². The maximum Gasteiger partial charge on any atom is 0.229 e. The Morgan fingerprint density at radius 3 is 2.05 bits per heavy atom. The number of hydrogen-bond donors (Lipinski definition) is 1. The minimum absolute atomic E-state index is 0.135. The molecule has 3 aromatic rings. The molecule has 1 atom stereocenters. The van der Waals surface area contributed by atoms with Crippen LogP contribution in [0, 0.1) is 0 Å². The predicted molar refractivity (Wildman–Crippen MR) is 157 cm³/mol. The molecule has 6 rings (SSSR count). The second-order valence-corrected chi connectivity index (χ2v) is 10.9. The molecule has 1 unspecified atom stereocenters. The fourth-order valence-corrected chi connectivity index (χ4v) is 5.94. The maximum absolute atomic E-state index is 5.87. The van der Waals surface area contributed by atoms with Gasteiger partial charge in [-0.3, -0.25) is 4.90 Å². The molecule has 2 aromatic carbocycles. The van der Waals surface area contributed by atoms with Crippen LogP contribution in [0.4, 0.5) is 23.3 Å². The highest BCUT2D eigenvalue weighted by molar-refractivity contribution is 5.85. The van der Waals surface area contributed by atoms with Gasteiger partial charge in [0.05, 0.1) is 6.10 Å². The van der Waals surface area contributed by atoms with E-state index in [2.05, 4.69) is 73.4 Å². The van der Waals surface area contributed by atoms with E-state index in [1.807, 2.05) is 7.11 Å².